The Bertz CT molecular complexity index is 883. The molecule has 0 aliphatic rings. The molecule has 0 aliphatic heterocycles. The summed E-state index contributed by atoms with van der Waals surface area (Å²) < 4.78 is 90.0. The Hall–Kier alpha value is -2.40. The quantitative estimate of drug-likeness (QED) is 0.354. The molecule has 3 aromatic rings. The van der Waals surface area contributed by atoms with E-state index in [1.54, 1.807) is 24.3 Å². The molecule has 29 heavy (non-hydrogen) atoms. The van der Waals surface area contributed by atoms with Gasteiger partial charge in [-0.15, -0.1) is 0 Å². The molecule has 0 saturated carbocycles. The van der Waals surface area contributed by atoms with Crippen LogP contribution >= 0.6 is 7.92 Å². The smallest absolute Gasteiger partial charge is 0.246 e. The van der Waals surface area contributed by atoms with Crippen LogP contribution in [0.3, 0.4) is 0 Å². The lowest BCUT2D eigenvalue weighted by atomic mass is 10.2. The van der Waals surface area contributed by atoms with Crippen molar-refractivity contribution in [1.82, 2.24) is 0 Å². The molecule has 8 heteroatoms. The van der Waals surface area contributed by atoms with E-state index in [1.807, 2.05) is 0 Å². The van der Waals surface area contributed by atoms with Gasteiger partial charge in [0.2, 0.25) is 0 Å². The summed E-state index contributed by atoms with van der Waals surface area (Å²) >= 11 is 0. The summed E-state index contributed by atoms with van der Waals surface area (Å²) in [4.78, 5) is 0. The molecule has 152 valence electrons. The van der Waals surface area contributed by atoms with Crippen molar-refractivity contribution in [2.75, 3.05) is 0 Å². The van der Waals surface area contributed by atoms with Crippen molar-refractivity contribution < 1.29 is 30.7 Å². The van der Waals surface area contributed by atoms with Gasteiger partial charge in [0.15, 0.2) is 0 Å². The minimum Gasteiger partial charge on any atom is -0.246 e. The Kier molecular flexibility index (Phi) is 5.99. The lowest BCUT2D eigenvalue weighted by molar-refractivity contribution is -0.138. The fraction of sp³-hybridized carbons (Fsp3) is 0.143. The van der Waals surface area contributed by atoms with Crippen LogP contribution in [0.15, 0.2) is 72.8 Å². The highest BCUT2D eigenvalue weighted by atomic mass is 31.1. The first-order valence-corrected chi connectivity index (χ1v) is 9.73. The van der Waals surface area contributed by atoms with Gasteiger partial charge in [-0.25, -0.2) is 4.39 Å². The zero-order valence-corrected chi connectivity index (χ0v) is 15.6. The van der Waals surface area contributed by atoms with Gasteiger partial charge in [-0.2, -0.15) is 26.3 Å². The third-order valence-corrected chi connectivity index (χ3v) is 6.70. The predicted octanol–water partition coefficient (Wildman–Crippen LogP) is 5.95. The second-order valence-electron chi connectivity index (χ2n) is 6.22. The predicted molar refractivity (Wildman–Crippen MR) is 100.0 cm³/mol. The van der Waals surface area contributed by atoms with E-state index in [0.29, 0.717) is 21.5 Å². The van der Waals surface area contributed by atoms with Crippen LogP contribution < -0.4 is 15.9 Å². The number of alkyl halides is 7. The van der Waals surface area contributed by atoms with Gasteiger partial charge in [0.05, 0.1) is 11.1 Å². The second kappa shape index (κ2) is 8.15. The SMILES string of the molecule is FCc1ccc(P(c2ccc(C(F)(F)F)cc2)c2ccc(C(F)(F)F)cc2)cc1. The number of rotatable bonds is 4. The van der Waals surface area contributed by atoms with E-state index in [9.17, 15) is 30.7 Å². The molecule has 0 N–H and O–H groups in total. The molecule has 3 aromatic carbocycles. The summed E-state index contributed by atoms with van der Waals surface area (Å²) in [6.45, 7) is -0.668. The molecule has 0 fully saturated rings. The first-order valence-electron chi connectivity index (χ1n) is 8.39. The highest BCUT2D eigenvalue weighted by molar-refractivity contribution is 7.79. The van der Waals surface area contributed by atoms with Gasteiger partial charge in [0, 0.05) is 0 Å². The number of hydrogen-bond donors (Lipinski definition) is 0. The van der Waals surface area contributed by atoms with Gasteiger partial charge < -0.3 is 0 Å². The van der Waals surface area contributed by atoms with E-state index >= 15 is 0 Å². The Labute approximate surface area is 163 Å². The van der Waals surface area contributed by atoms with Crippen LogP contribution in [0.1, 0.15) is 16.7 Å². The molecular formula is C21H14F7P. The van der Waals surface area contributed by atoms with Crippen molar-refractivity contribution in [1.29, 1.82) is 0 Å². The van der Waals surface area contributed by atoms with Crippen molar-refractivity contribution in [2.45, 2.75) is 19.0 Å². The van der Waals surface area contributed by atoms with Crippen LogP contribution in [0, 0.1) is 0 Å². The minimum atomic E-state index is -4.49. The summed E-state index contributed by atoms with van der Waals surface area (Å²) in [6, 6.07) is 15.5. The van der Waals surface area contributed by atoms with Gasteiger partial charge in [-0.05, 0) is 53.7 Å². The highest BCUT2D eigenvalue weighted by Gasteiger charge is 2.32. The van der Waals surface area contributed by atoms with Gasteiger partial charge >= 0.3 is 12.4 Å². The van der Waals surface area contributed by atoms with E-state index in [4.69, 9.17) is 0 Å². The monoisotopic (exact) mass is 430 g/mol. The van der Waals surface area contributed by atoms with E-state index < -0.39 is 38.1 Å². The maximum absolute atomic E-state index is 12.9. The summed E-state index contributed by atoms with van der Waals surface area (Å²) in [5.74, 6) is 0. The average Bonchev–Trinajstić information content (AvgIpc) is 2.68. The fourth-order valence-corrected chi connectivity index (χ4v) is 5.02. The van der Waals surface area contributed by atoms with E-state index in [-0.39, 0.29) is 0 Å². The Morgan fingerprint density at radius 2 is 0.828 bits per heavy atom. The van der Waals surface area contributed by atoms with Crippen molar-refractivity contribution in [3.8, 4) is 0 Å². The standard InChI is InChI=1S/C21H14F7P/c22-13-14-1-7-17(8-2-14)29(18-9-3-15(4-10-18)20(23,24)25)19-11-5-16(6-12-19)21(26,27)28/h1-12H,13H2. The van der Waals surface area contributed by atoms with Crippen LogP contribution in [-0.4, -0.2) is 0 Å². The molecule has 0 nitrogen and oxygen atoms in total. The molecule has 0 spiro atoms. The second-order valence-corrected chi connectivity index (χ2v) is 8.44. The lowest BCUT2D eigenvalue weighted by Crippen LogP contribution is -2.21. The van der Waals surface area contributed by atoms with Gasteiger partial charge in [-0.1, -0.05) is 48.5 Å². The van der Waals surface area contributed by atoms with Crippen LogP contribution in [-0.2, 0) is 19.0 Å². The first kappa shape index (κ1) is 21.3. The molecular weight excluding hydrogens is 416 g/mol. The van der Waals surface area contributed by atoms with Crippen molar-refractivity contribution in [3.05, 3.63) is 89.5 Å². The van der Waals surface area contributed by atoms with Crippen LogP contribution in [0.25, 0.3) is 0 Å². The molecule has 3 rings (SSSR count). The zero-order chi connectivity index (χ0) is 21.2. The molecule has 0 bridgehead atoms. The number of halogens is 7. The largest absolute Gasteiger partial charge is 0.416 e. The maximum Gasteiger partial charge on any atom is 0.416 e. The molecule has 0 amide bonds. The fourth-order valence-electron chi connectivity index (χ4n) is 2.78. The molecule has 0 heterocycles. The number of hydrogen-bond acceptors (Lipinski definition) is 0. The summed E-state index contributed by atoms with van der Waals surface area (Å²) in [6.07, 6.45) is -8.98. The van der Waals surface area contributed by atoms with E-state index in [2.05, 4.69) is 0 Å². The normalized spacial score (nSPS) is 12.4. The summed E-state index contributed by atoms with van der Waals surface area (Å²) in [5, 5.41) is 1.78. The summed E-state index contributed by atoms with van der Waals surface area (Å²) in [5.41, 5.74) is -1.18. The van der Waals surface area contributed by atoms with Crippen molar-refractivity contribution in [3.63, 3.8) is 0 Å². The topological polar surface area (TPSA) is 0 Å². The summed E-state index contributed by atoms with van der Waals surface area (Å²) in [7, 11) is -1.42. The minimum absolute atomic E-state index is 0.434. The van der Waals surface area contributed by atoms with Gasteiger partial charge in [0.1, 0.15) is 6.67 Å². The lowest BCUT2D eigenvalue weighted by Gasteiger charge is -2.21. The Morgan fingerprint density at radius 1 is 0.517 bits per heavy atom. The Morgan fingerprint density at radius 3 is 1.10 bits per heavy atom. The van der Waals surface area contributed by atoms with E-state index in [1.165, 1.54) is 24.3 Å². The third-order valence-electron chi connectivity index (χ3n) is 4.25. The molecule has 0 saturated heterocycles. The molecule has 0 aliphatic carbocycles. The Balaban J connectivity index is 2.06. The van der Waals surface area contributed by atoms with Crippen molar-refractivity contribution in [2.24, 2.45) is 0 Å². The molecule has 0 atom stereocenters. The van der Waals surface area contributed by atoms with Gasteiger partial charge in [-0.3, -0.25) is 0 Å². The van der Waals surface area contributed by atoms with Crippen LogP contribution in [0.2, 0.25) is 0 Å². The molecule has 0 unspecified atom stereocenters. The highest BCUT2D eigenvalue weighted by Crippen LogP contribution is 2.36. The molecule has 0 aromatic heterocycles. The number of benzene rings is 3. The van der Waals surface area contributed by atoms with Crippen molar-refractivity contribution >= 4 is 23.8 Å². The first-order chi connectivity index (χ1) is 13.6. The van der Waals surface area contributed by atoms with Crippen LogP contribution in [0.5, 0.6) is 0 Å². The maximum atomic E-state index is 12.9. The van der Waals surface area contributed by atoms with E-state index in [0.717, 1.165) is 24.3 Å². The third kappa shape index (κ3) is 4.96. The van der Waals surface area contributed by atoms with Gasteiger partial charge in [0.25, 0.3) is 0 Å². The average molecular weight is 430 g/mol. The van der Waals surface area contributed by atoms with Crippen LogP contribution in [0.4, 0.5) is 30.7 Å². The molecule has 0 radical (unpaired) electrons. The zero-order valence-electron chi connectivity index (χ0n) is 14.7.